The Labute approximate surface area is 109 Å². The monoisotopic (exact) mass is 253 g/mol. The molecule has 17 heavy (non-hydrogen) atoms. The molecule has 0 bridgehead atoms. The molecular weight excluding hydrogens is 230 g/mol. The first-order valence-corrected chi connectivity index (χ1v) is 7.38. The van der Waals surface area contributed by atoms with Crippen LogP contribution in [0.4, 0.5) is 5.82 Å². The first-order chi connectivity index (χ1) is 8.08. The highest BCUT2D eigenvalue weighted by atomic mass is 32.2. The van der Waals surface area contributed by atoms with Crippen LogP contribution in [0.1, 0.15) is 31.0 Å². The summed E-state index contributed by atoms with van der Waals surface area (Å²) in [6, 6.07) is 4.20. The van der Waals surface area contributed by atoms with Crippen molar-refractivity contribution in [2.75, 3.05) is 30.5 Å². The Bertz CT molecular complexity index is 353. The summed E-state index contributed by atoms with van der Waals surface area (Å²) in [5.41, 5.74) is 8.02. The Morgan fingerprint density at radius 2 is 2.12 bits per heavy atom. The maximum atomic E-state index is 5.74. The Morgan fingerprint density at radius 1 is 1.41 bits per heavy atom. The van der Waals surface area contributed by atoms with Crippen LogP contribution in [0.15, 0.2) is 12.1 Å². The summed E-state index contributed by atoms with van der Waals surface area (Å²) in [5, 5.41) is 0. The molecule has 0 saturated carbocycles. The van der Waals surface area contributed by atoms with E-state index in [2.05, 4.69) is 44.2 Å². The number of hydrogen-bond acceptors (Lipinski definition) is 4. The van der Waals surface area contributed by atoms with Gasteiger partial charge in [0.2, 0.25) is 0 Å². The molecule has 3 nitrogen and oxygen atoms in total. The number of pyridine rings is 1. The third kappa shape index (κ3) is 4.21. The molecule has 1 heterocycles. The fraction of sp³-hybridized carbons (Fsp3) is 0.615. The van der Waals surface area contributed by atoms with Crippen LogP contribution in [-0.4, -0.2) is 30.6 Å². The summed E-state index contributed by atoms with van der Waals surface area (Å²) in [4.78, 5) is 6.89. The molecule has 0 aliphatic heterocycles. The molecule has 96 valence electrons. The minimum absolute atomic E-state index is 0.439. The predicted molar refractivity (Wildman–Crippen MR) is 77.9 cm³/mol. The zero-order chi connectivity index (χ0) is 12.8. The Kier molecular flexibility index (Phi) is 5.78. The maximum absolute atomic E-state index is 5.74. The second-order valence-corrected chi connectivity index (χ2v) is 5.52. The molecule has 2 N–H and O–H groups in total. The molecule has 0 saturated heterocycles. The first kappa shape index (κ1) is 14.3. The SMILES string of the molecule is CSCCN(C)c1cc(CN)cc(C(C)C)n1. The van der Waals surface area contributed by atoms with E-state index in [9.17, 15) is 0 Å². The van der Waals surface area contributed by atoms with Crippen molar-refractivity contribution in [2.45, 2.75) is 26.3 Å². The van der Waals surface area contributed by atoms with Crippen molar-refractivity contribution in [3.63, 3.8) is 0 Å². The van der Waals surface area contributed by atoms with Gasteiger partial charge in [-0.3, -0.25) is 0 Å². The number of aromatic nitrogens is 1. The quantitative estimate of drug-likeness (QED) is 0.845. The second-order valence-electron chi connectivity index (χ2n) is 4.53. The lowest BCUT2D eigenvalue weighted by Gasteiger charge is -2.20. The largest absolute Gasteiger partial charge is 0.359 e. The van der Waals surface area contributed by atoms with Gasteiger partial charge in [-0.2, -0.15) is 11.8 Å². The summed E-state index contributed by atoms with van der Waals surface area (Å²) < 4.78 is 0. The van der Waals surface area contributed by atoms with E-state index in [1.54, 1.807) is 0 Å². The van der Waals surface area contributed by atoms with Crippen LogP contribution < -0.4 is 10.6 Å². The third-order valence-corrected chi connectivity index (χ3v) is 3.33. The molecular formula is C13H23N3S. The summed E-state index contributed by atoms with van der Waals surface area (Å²) in [6.45, 7) is 5.91. The zero-order valence-corrected chi connectivity index (χ0v) is 12.0. The van der Waals surface area contributed by atoms with Gasteiger partial charge < -0.3 is 10.6 Å². The number of rotatable bonds is 6. The normalized spacial score (nSPS) is 10.9. The van der Waals surface area contributed by atoms with Gasteiger partial charge in [0.15, 0.2) is 0 Å². The summed E-state index contributed by atoms with van der Waals surface area (Å²) in [6.07, 6.45) is 2.12. The molecule has 0 amide bonds. The Morgan fingerprint density at radius 3 is 2.65 bits per heavy atom. The molecule has 0 spiro atoms. The highest BCUT2D eigenvalue weighted by molar-refractivity contribution is 7.98. The molecule has 0 aliphatic carbocycles. The summed E-state index contributed by atoms with van der Waals surface area (Å²) in [7, 11) is 2.09. The van der Waals surface area contributed by atoms with Crippen LogP contribution in [0.2, 0.25) is 0 Å². The molecule has 0 aliphatic rings. The van der Waals surface area contributed by atoms with Crippen molar-refractivity contribution in [3.05, 3.63) is 23.4 Å². The van der Waals surface area contributed by atoms with Crippen LogP contribution in [0, 0.1) is 0 Å². The van der Waals surface area contributed by atoms with Crippen molar-refractivity contribution < 1.29 is 0 Å². The van der Waals surface area contributed by atoms with E-state index in [0.29, 0.717) is 12.5 Å². The van der Waals surface area contributed by atoms with Gasteiger partial charge in [-0.05, 0) is 29.9 Å². The molecule has 1 aromatic heterocycles. The van der Waals surface area contributed by atoms with Gasteiger partial charge in [0.25, 0.3) is 0 Å². The van der Waals surface area contributed by atoms with Gasteiger partial charge in [0.05, 0.1) is 0 Å². The van der Waals surface area contributed by atoms with Gasteiger partial charge >= 0.3 is 0 Å². The third-order valence-electron chi connectivity index (χ3n) is 2.74. The number of thioether (sulfide) groups is 1. The van der Waals surface area contributed by atoms with E-state index in [4.69, 9.17) is 10.7 Å². The highest BCUT2D eigenvalue weighted by Gasteiger charge is 2.08. The average Bonchev–Trinajstić information content (AvgIpc) is 2.35. The van der Waals surface area contributed by atoms with Crippen LogP contribution in [0.3, 0.4) is 0 Å². The Hall–Kier alpha value is -0.740. The maximum Gasteiger partial charge on any atom is 0.128 e. The molecule has 0 atom stereocenters. The molecule has 0 fully saturated rings. The lowest BCUT2D eigenvalue weighted by atomic mass is 10.1. The van der Waals surface area contributed by atoms with Gasteiger partial charge in [-0.15, -0.1) is 0 Å². The fourth-order valence-corrected chi connectivity index (χ4v) is 2.00. The van der Waals surface area contributed by atoms with Crippen molar-refractivity contribution in [1.82, 2.24) is 4.98 Å². The molecule has 0 radical (unpaired) electrons. The zero-order valence-electron chi connectivity index (χ0n) is 11.2. The summed E-state index contributed by atoms with van der Waals surface area (Å²) in [5.74, 6) is 2.59. The molecule has 4 heteroatoms. The van der Waals surface area contributed by atoms with E-state index >= 15 is 0 Å². The lowest BCUT2D eigenvalue weighted by molar-refractivity contribution is 0.805. The van der Waals surface area contributed by atoms with E-state index < -0.39 is 0 Å². The van der Waals surface area contributed by atoms with Gasteiger partial charge in [0, 0.05) is 31.6 Å². The van der Waals surface area contributed by atoms with Crippen LogP contribution in [0.5, 0.6) is 0 Å². The Balaban J connectivity index is 2.93. The van der Waals surface area contributed by atoms with E-state index in [1.807, 2.05) is 11.8 Å². The first-order valence-electron chi connectivity index (χ1n) is 5.99. The van der Waals surface area contributed by atoms with Crippen LogP contribution in [-0.2, 0) is 6.54 Å². The van der Waals surface area contributed by atoms with Gasteiger partial charge in [-0.25, -0.2) is 4.98 Å². The summed E-state index contributed by atoms with van der Waals surface area (Å²) >= 11 is 1.85. The fourth-order valence-electron chi connectivity index (χ4n) is 1.55. The van der Waals surface area contributed by atoms with E-state index in [0.717, 1.165) is 29.4 Å². The number of nitrogens with two attached hydrogens (primary N) is 1. The molecule has 0 unspecified atom stereocenters. The number of nitrogens with zero attached hydrogens (tertiary/aromatic N) is 2. The van der Waals surface area contributed by atoms with Gasteiger partial charge in [0.1, 0.15) is 5.82 Å². The van der Waals surface area contributed by atoms with E-state index in [-0.39, 0.29) is 0 Å². The van der Waals surface area contributed by atoms with Crippen LogP contribution in [0.25, 0.3) is 0 Å². The van der Waals surface area contributed by atoms with Gasteiger partial charge in [-0.1, -0.05) is 13.8 Å². The number of hydrogen-bond donors (Lipinski definition) is 1. The molecule has 1 rings (SSSR count). The lowest BCUT2D eigenvalue weighted by Crippen LogP contribution is -2.22. The molecule has 0 aromatic carbocycles. The smallest absolute Gasteiger partial charge is 0.128 e. The second kappa shape index (κ2) is 6.87. The van der Waals surface area contributed by atoms with Crippen molar-refractivity contribution in [1.29, 1.82) is 0 Å². The van der Waals surface area contributed by atoms with Crippen molar-refractivity contribution in [2.24, 2.45) is 5.73 Å². The minimum Gasteiger partial charge on any atom is -0.359 e. The predicted octanol–water partition coefficient (Wildman–Crippen LogP) is 2.46. The van der Waals surface area contributed by atoms with Crippen LogP contribution >= 0.6 is 11.8 Å². The minimum atomic E-state index is 0.439. The molecule has 1 aromatic rings. The van der Waals surface area contributed by atoms with E-state index in [1.165, 1.54) is 0 Å². The highest BCUT2D eigenvalue weighted by Crippen LogP contribution is 2.19. The standard InChI is InChI=1S/C13H23N3S/c1-10(2)12-7-11(9-14)8-13(15-12)16(3)5-6-17-4/h7-8,10H,5-6,9,14H2,1-4H3. The topological polar surface area (TPSA) is 42.1 Å². The van der Waals surface area contributed by atoms with Crippen molar-refractivity contribution >= 4 is 17.6 Å². The van der Waals surface area contributed by atoms with Crippen molar-refractivity contribution in [3.8, 4) is 0 Å². The number of anilines is 1. The average molecular weight is 253 g/mol.